The van der Waals surface area contributed by atoms with Crippen molar-refractivity contribution in [3.05, 3.63) is 47.6 Å². The molecule has 0 aromatic rings. The van der Waals surface area contributed by atoms with E-state index in [0.717, 1.165) is 43.3 Å². The average Bonchev–Trinajstić information content (AvgIpc) is 3.53. The van der Waals surface area contributed by atoms with Crippen molar-refractivity contribution in [1.82, 2.24) is 0 Å². The van der Waals surface area contributed by atoms with Crippen molar-refractivity contribution >= 4 is 28.9 Å². The predicted molar refractivity (Wildman–Crippen MR) is 189 cm³/mol. The van der Waals surface area contributed by atoms with Gasteiger partial charge in [-0.25, -0.2) is 0 Å². The summed E-state index contributed by atoms with van der Waals surface area (Å²) >= 11 is 0. The molecule has 6 fully saturated rings. The molecule has 0 heterocycles. The molecule has 0 aromatic carbocycles. The van der Waals surface area contributed by atoms with E-state index in [4.69, 9.17) is 0 Å². The molecule has 0 spiro atoms. The van der Waals surface area contributed by atoms with Gasteiger partial charge in [-0.1, -0.05) is 51.0 Å². The highest BCUT2D eigenvalue weighted by molar-refractivity contribution is 6.02. The minimum atomic E-state index is -1.62. The van der Waals surface area contributed by atoms with E-state index < -0.39 is 58.3 Å². The van der Waals surface area contributed by atoms with Gasteiger partial charge in [0.05, 0.1) is 6.10 Å². The first kappa shape index (κ1) is 37.4. The molecule has 0 saturated heterocycles. The third kappa shape index (κ3) is 4.89. The molecule has 0 unspecified atom stereocenters. The van der Waals surface area contributed by atoms with E-state index >= 15 is 0 Å². The molecule has 52 heavy (non-hydrogen) atoms. The molecule has 10 nitrogen and oxygen atoms in total. The van der Waals surface area contributed by atoms with E-state index in [2.05, 4.69) is 6.92 Å². The molecule has 8 rings (SSSR count). The molecule has 0 radical (unpaired) electrons. The molecule has 0 bridgehead atoms. The largest absolute Gasteiger partial charge is 0.393 e. The fourth-order valence-electron chi connectivity index (χ4n) is 13.5. The second kappa shape index (κ2) is 12.3. The van der Waals surface area contributed by atoms with Crippen LogP contribution in [0.1, 0.15) is 91.9 Å². The van der Waals surface area contributed by atoms with Crippen LogP contribution in [0, 0.1) is 57.2 Å². The van der Waals surface area contributed by atoms with Gasteiger partial charge in [0.2, 0.25) is 0 Å². The molecule has 0 aromatic heterocycles. The minimum Gasteiger partial charge on any atom is -0.393 e. The summed E-state index contributed by atoms with van der Waals surface area (Å²) in [5.74, 6) is -0.817. The number of hydrogen-bond acceptors (Lipinski definition) is 10. The lowest BCUT2D eigenvalue weighted by atomic mass is 9.46. The Morgan fingerprint density at radius 1 is 0.712 bits per heavy atom. The number of aliphatic hydroxyl groups is 5. The van der Waals surface area contributed by atoms with Crippen LogP contribution in [0.2, 0.25) is 0 Å². The number of fused-ring (bicyclic) bond motifs is 10. The maximum Gasteiger partial charge on any atom is 0.190 e. The summed E-state index contributed by atoms with van der Waals surface area (Å²) in [6.07, 6.45) is 15.5. The molecule has 5 N–H and O–H groups in total. The van der Waals surface area contributed by atoms with E-state index in [9.17, 15) is 49.5 Å². The first-order valence-electron chi connectivity index (χ1n) is 19.2. The maximum absolute atomic E-state index is 13.3. The van der Waals surface area contributed by atoms with Crippen LogP contribution in [0.3, 0.4) is 0 Å². The summed E-state index contributed by atoms with van der Waals surface area (Å²) in [5, 5.41) is 52.1. The molecule has 0 aliphatic heterocycles. The van der Waals surface area contributed by atoms with Crippen molar-refractivity contribution in [1.29, 1.82) is 0 Å². The lowest BCUT2D eigenvalue weighted by molar-refractivity contribution is -0.178. The van der Waals surface area contributed by atoms with Gasteiger partial charge in [-0.05, 0) is 106 Å². The Morgan fingerprint density at radius 2 is 1.19 bits per heavy atom. The van der Waals surface area contributed by atoms with Gasteiger partial charge in [-0.15, -0.1) is 0 Å². The van der Waals surface area contributed by atoms with E-state index in [1.54, 1.807) is 24.3 Å². The van der Waals surface area contributed by atoms with E-state index in [1.165, 1.54) is 0 Å². The maximum atomic E-state index is 13.3. The van der Waals surface area contributed by atoms with Crippen molar-refractivity contribution in [3.63, 3.8) is 0 Å². The zero-order valence-electron chi connectivity index (χ0n) is 30.8. The number of Topliss-reactive ketones (excluding diaryl/α,β-unsaturated/α-hetero) is 3. The summed E-state index contributed by atoms with van der Waals surface area (Å²) in [6.45, 7) is 6.53. The lowest BCUT2D eigenvalue weighted by Crippen LogP contribution is -2.61. The summed E-state index contributed by atoms with van der Waals surface area (Å²) in [6, 6.07) is 0. The van der Waals surface area contributed by atoms with Crippen molar-refractivity contribution in [3.8, 4) is 0 Å². The zero-order chi connectivity index (χ0) is 37.8. The van der Waals surface area contributed by atoms with Gasteiger partial charge < -0.3 is 25.5 Å². The second-order valence-electron chi connectivity index (χ2n) is 18.2. The Kier molecular flexibility index (Phi) is 8.86. The Balaban J connectivity index is 0.000000162. The zero-order valence-corrected chi connectivity index (χ0v) is 30.8. The summed E-state index contributed by atoms with van der Waals surface area (Å²) in [4.78, 5) is 61.6. The normalized spacial score (nSPS) is 48.5. The quantitative estimate of drug-likeness (QED) is 0.289. The highest BCUT2D eigenvalue weighted by Gasteiger charge is 2.69. The van der Waals surface area contributed by atoms with Gasteiger partial charge >= 0.3 is 0 Å². The fraction of sp³-hybridized carbons (Fsp3) is 0.690. The third-order valence-corrected chi connectivity index (χ3v) is 16.3. The SMILES string of the molecule is C[C@]12C=CC(=O)C=C1CC[C@@H]1[C@@H]2C(=O)C[C@@]2(C)[C@H]1CC[C@]2(O)C(=O)CO.C[C@]12C=CC(=O)C=C1CC[C@@H]1[C@@H]2[C@@H](O)C[C@@]2(C)[C@H]1CC[C@]2(O)C(=O)CO. The number of allylic oxidation sites excluding steroid dienone is 8. The van der Waals surface area contributed by atoms with E-state index in [-0.39, 0.29) is 64.7 Å². The predicted octanol–water partition coefficient (Wildman–Crippen LogP) is 3.32. The Morgan fingerprint density at radius 3 is 1.75 bits per heavy atom. The summed E-state index contributed by atoms with van der Waals surface area (Å²) in [5.41, 5.74) is -3.40. The van der Waals surface area contributed by atoms with Crippen LogP contribution < -0.4 is 0 Å². The van der Waals surface area contributed by atoms with Crippen molar-refractivity contribution in [2.45, 2.75) is 109 Å². The highest BCUT2D eigenvalue weighted by atomic mass is 16.3. The van der Waals surface area contributed by atoms with Crippen LogP contribution in [0.5, 0.6) is 0 Å². The number of carbonyl (C=O) groups is 5. The number of carbonyl (C=O) groups excluding carboxylic acids is 5. The standard InChI is InChI=1S/C21H28O5.C21H26O5/c2*1-19-7-5-13(23)9-12(19)3-4-14-15-6-8-21(26,17(25)11-22)20(15,2)10-16(24)18(14)19/h5,7,9,14-16,18,22,24,26H,3-4,6,8,10-11H2,1-2H3;5,7,9,14-15,18,22,26H,3-4,6,8,10-11H2,1-2H3/t14-,15-,16-,18+,19-,20-,21-;14-,15-,18+,19-,20-,21-/m00/s1. The third-order valence-electron chi connectivity index (χ3n) is 16.3. The Hall–Kier alpha value is -2.89. The van der Waals surface area contributed by atoms with Crippen molar-refractivity contribution in [2.75, 3.05) is 13.2 Å². The molecule has 13 atom stereocenters. The average molecular weight is 719 g/mol. The summed E-state index contributed by atoms with van der Waals surface area (Å²) < 4.78 is 0. The molecule has 0 amide bonds. The van der Waals surface area contributed by atoms with Gasteiger partial charge in [-0.2, -0.15) is 0 Å². The smallest absolute Gasteiger partial charge is 0.190 e. The van der Waals surface area contributed by atoms with Crippen LogP contribution in [0.25, 0.3) is 0 Å². The fourth-order valence-corrected chi connectivity index (χ4v) is 13.5. The van der Waals surface area contributed by atoms with Crippen LogP contribution in [0.4, 0.5) is 0 Å². The van der Waals surface area contributed by atoms with Crippen molar-refractivity contribution < 1.29 is 49.5 Å². The topological polar surface area (TPSA) is 186 Å². The van der Waals surface area contributed by atoms with Gasteiger partial charge in [0.15, 0.2) is 23.1 Å². The Labute approximate surface area is 305 Å². The van der Waals surface area contributed by atoms with E-state index in [1.807, 2.05) is 32.9 Å². The van der Waals surface area contributed by atoms with Crippen molar-refractivity contribution in [2.24, 2.45) is 57.2 Å². The highest BCUT2D eigenvalue weighted by Crippen LogP contribution is 2.68. The number of aliphatic hydroxyl groups excluding tert-OH is 3. The molecule has 6 saturated carbocycles. The van der Waals surface area contributed by atoms with Gasteiger partial charge in [0.1, 0.15) is 30.2 Å². The molecule has 8 aliphatic carbocycles. The molecule has 8 aliphatic rings. The van der Waals surface area contributed by atoms with E-state index in [0.29, 0.717) is 25.7 Å². The van der Waals surface area contributed by atoms with Gasteiger partial charge in [-0.3, -0.25) is 24.0 Å². The first-order valence-corrected chi connectivity index (χ1v) is 19.2. The number of ketones is 5. The second-order valence-corrected chi connectivity index (χ2v) is 18.2. The summed E-state index contributed by atoms with van der Waals surface area (Å²) in [7, 11) is 0. The van der Waals surface area contributed by atoms with Gasteiger partial charge in [0.25, 0.3) is 0 Å². The minimum absolute atomic E-state index is 0.00912. The lowest BCUT2D eigenvalue weighted by Gasteiger charge is -2.59. The number of hydrogen-bond donors (Lipinski definition) is 5. The molecular weight excluding hydrogens is 664 g/mol. The Bertz CT molecular complexity index is 1740. The van der Waals surface area contributed by atoms with Crippen LogP contribution >= 0.6 is 0 Å². The molecular formula is C42H54O10. The number of rotatable bonds is 4. The van der Waals surface area contributed by atoms with Gasteiger partial charge in [0, 0.05) is 39.9 Å². The molecule has 10 heteroatoms. The monoisotopic (exact) mass is 718 g/mol. The first-order chi connectivity index (χ1) is 24.3. The van der Waals surface area contributed by atoms with Crippen LogP contribution in [0.15, 0.2) is 47.6 Å². The van der Waals surface area contributed by atoms with Crippen LogP contribution in [-0.4, -0.2) is 85.0 Å². The van der Waals surface area contributed by atoms with Crippen LogP contribution in [-0.2, 0) is 24.0 Å². The molecule has 282 valence electrons.